The smallest absolute Gasteiger partial charge is 0.431 e. The normalized spacial score (nSPS) is 16.3. The van der Waals surface area contributed by atoms with E-state index in [4.69, 9.17) is 48.5 Å². The van der Waals surface area contributed by atoms with E-state index in [1.165, 1.54) is 26.2 Å². The number of aliphatic hydroxyl groups is 1. The molecule has 1 aliphatic heterocycles. The number of nitrogens with two attached hydrogens (primary N) is 1. The van der Waals surface area contributed by atoms with Gasteiger partial charge < -0.3 is 90.4 Å². The Labute approximate surface area is 614 Å². The molecule has 1 fully saturated rings. The quantitative estimate of drug-likeness (QED) is 0.0307. The number of hydroxylamine groups is 1. The van der Waals surface area contributed by atoms with Gasteiger partial charge in [-0.25, -0.2) is 14.4 Å². The van der Waals surface area contributed by atoms with Gasteiger partial charge in [0.15, 0.2) is 0 Å². The number of rotatable bonds is 47. The minimum absolute atomic E-state index is 0.0667. The maximum Gasteiger partial charge on any atom is 0.431 e. The Morgan fingerprint density at radius 1 is 0.683 bits per heavy atom. The summed E-state index contributed by atoms with van der Waals surface area (Å²) in [6.07, 6.45) is -1.84. The zero-order valence-electron chi connectivity index (χ0n) is 64.2. The van der Waals surface area contributed by atoms with Crippen molar-refractivity contribution in [3.63, 3.8) is 0 Å². The maximum atomic E-state index is 14.8. The van der Waals surface area contributed by atoms with E-state index < -0.39 is 138 Å². The lowest BCUT2D eigenvalue weighted by Crippen LogP contribution is -2.60. The number of likely N-dealkylation sites (N-methyl/N-ethyl adjacent to an activating group) is 2. The lowest BCUT2D eigenvalue weighted by Gasteiger charge is -2.41. The van der Waals surface area contributed by atoms with E-state index in [0.717, 1.165) is 0 Å². The molecule has 3 rings (SSSR count). The van der Waals surface area contributed by atoms with Gasteiger partial charge in [0.1, 0.15) is 43.0 Å². The van der Waals surface area contributed by atoms with Gasteiger partial charge in [0.25, 0.3) is 0 Å². The molecular formula is C73H121N11O20. The number of hydrogen-bond donors (Lipinski definition) is 9. The molecular weight excluding hydrogens is 1350 g/mol. The molecule has 2 aromatic rings. The molecule has 0 saturated carbocycles. The molecule has 1 heterocycles. The lowest BCUT2D eigenvalue weighted by molar-refractivity contribution is -0.148. The van der Waals surface area contributed by atoms with Crippen LogP contribution >= 0.6 is 0 Å². The zero-order chi connectivity index (χ0) is 77.8. The number of carbonyl (C=O) groups excluding carboxylic acids is 10. The number of nitrogens with one attached hydrogen (secondary N) is 7. The number of benzene rings is 2. The monoisotopic (exact) mass is 1470 g/mol. The summed E-state index contributed by atoms with van der Waals surface area (Å²) in [5.74, 6) is -5.59. The van der Waals surface area contributed by atoms with Crippen LogP contribution in [0.25, 0.3) is 0 Å². The number of nitrogens with zero attached hydrogens (tertiary/aromatic N) is 3. The van der Waals surface area contributed by atoms with Crippen LogP contribution in [-0.4, -0.2) is 240 Å². The number of methoxy groups -OCH3 is 2. The highest BCUT2D eigenvalue weighted by Gasteiger charge is 2.44. The van der Waals surface area contributed by atoms with Crippen LogP contribution in [0.15, 0.2) is 54.6 Å². The standard InChI is InChI=1S/C73H121N11O20/c1-18-48(8)62(56(96-16)42-58(86)84-33-23-27-55(84)64(97-17)49(9)65(88)76-50(10)63(87)52-24-20-19-21-25-52)82(14)69(92)60(46(4)5)80-68(91)61(47(6)7)83(15)72(95)102-43-51-28-30-53(31-29-51)77-66(89)54(26-22-32-75-70(74)93)78-67(90)59(45(2)3)79-57(85)44-101-39-38-99-35-34-98-36-37-100-40-41-103-81-71(94)104-73(11,12)13/h19-21,24-25,28-31,45-50,54-56,59-64,87H,18,22-23,26-27,32-44H2,1-17H3,(H,76,88)(H,77,89)(H,78,90)(H,79,85)(H,80,91)(H,81,94)(H3,74,75,93)/t48-,49+,50+,54?,55-,56+,59?,60-,61-,62-,63+,64+/m0/s1. The van der Waals surface area contributed by atoms with Gasteiger partial charge in [0.2, 0.25) is 41.4 Å². The highest BCUT2D eigenvalue weighted by Crippen LogP contribution is 2.31. The summed E-state index contributed by atoms with van der Waals surface area (Å²) in [5, 5.41) is 27.5. The molecule has 0 spiro atoms. The number of aliphatic hydroxyl groups excluding tert-OH is 1. The van der Waals surface area contributed by atoms with Crippen molar-refractivity contribution in [1.29, 1.82) is 0 Å². The molecule has 12 atom stereocenters. The summed E-state index contributed by atoms with van der Waals surface area (Å²) in [4.78, 5) is 144. The zero-order valence-corrected chi connectivity index (χ0v) is 64.2. The van der Waals surface area contributed by atoms with Gasteiger partial charge in [-0.2, -0.15) is 5.48 Å². The minimum atomic E-state index is -1.14. The molecule has 31 nitrogen and oxygen atoms in total. The number of likely N-dealkylation sites (tertiary alicyclic amines) is 1. The molecule has 0 radical (unpaired) electrons. The Balaban J connectivity index is 1.58. The number of amides is 11. The summed E-state index contributed by atoms with van der Waals surface area (Å²) in [7, 11) is 6.07. The molecule has 2 unspecified atom stereocenters. The Bertz CT molecular complexity index is 2960. The Morgan fingerprint density at radius 3 is 1.83 bits per heavy atom. The van der Waals surface area contributed by atoms with E-state index in [2.05, 4.69) is 37.4 Å². The van der Waals surface area contributed by atoms with Crippen LogP contribution in [0, 0.1) is 29.6 Å². The molecule has 1 aliphatic rings. The first-order chi connectivity index (χ1) is 49.2. The molecule has 588 valence electrons. The topological polar surface area (TPSA) is 394 Å². The fourth-order valence-electron chi connectivity index (χ4n) is 12.0. The minimum Gasteiger partial charge on any atom is -0.445 e. The Hall–Kier alpha value is -7.78. The molecule has 10 N–H and O–H groups in total. The average Bonchev–Trinajstić information content (AvgIpc) is 1.30. The second kappa shape index (κ2) is 46.9. The SMILES string of the molecule is CC[C@H](C)[C@@H]([C@@H](CC(=O)N1CCC[C@H]1[C@H](OC)[C@@H](C)C(=O)N[C@H](C)[C@@H](O)c1ccccc1)OC)N(C)C(=O)[C@@H](NC(=O)[C@H](C(C)C)N(C)C(=O)OCc1ccc(NC(=O)C(CCCNC(N)=O)NC(=O)C(NC(=O)COCCOCCOCCOCCONC(=O)OC(C)(C)C)C(C)C)cc1)C(C)C. The third-order valence-corrected chi connectivity index (χ3v) is 17.8. The first kappa shape index (κ1) is 90.4. The molecule has 0 aromatic heterocycles. The highest BCUT2D eigenvalue weighted by molar-refractivity contribution is 5.98. The van der Waals surface area contributed by atoms with E-state index in [0.29, 0.717) is 49.2 Å². The summed E-state index contributed by atoms with van der Waals surface area (Å²) >= 11 is 0. The summed E-state index contributed by atoms with van der Waals surface area (Å²) in [6.45, 7) is 24.8. The van der Waals surface area contributed by atoms with Gasteiger partial charge >= 0.3 is 18.2 Å². The van der Waals surface area contributed by atoms with Gasteiger partial charge in [-0.05, 0) is 100 Å². The predicted octanol–water partition coefficient (Wildman–Crippen LogP) is 5.11. The second-order valence-corrected chi connectivity index (χ2v) is 28.1. The average molecular weight is 1470 g/mol. The lowest BCUT2D eigenvalue weighted by atomic mass is 9.89. The molecule has 104 heavy (non-hydrogen) atoms. The van der Waals surface area contributed by atoms with Gasteiger partial charge in [-0.15, -0.1) is 0 Å². The van der Waals surface area contributed by atoms with E-state index in [1.54, 1.807) is 129 Å². The number of ether oxygens (including phenoxy) is 8. The van der Waals surface area contributed by atoms with Gasteiger partial charge in [-0.1, -0.05) is 111 Å². The van der Waals surface area contributed by atoms with Crippen molar-refractivity contribution in [2.24, 2.45) is 35.3 Å². The first-order valence-corrected chi connectivity index (χ1v) is 36.0. The second-order valence-electron chi connectivity index (χ2n) is 28.1. The van der Waals surface area contributed by atoms with Crippen molar-refractivity contribution < 1.29 is 95.8 Å². The number of primary amides is 1. The van der Waals surface area contributed by atoms with Crippen molar-refractivity contribution in [2.75, 3.05) is 106 Å². The summed E-state index contributed by atoms with van der Waals surface area (Å²) in [6, 6.07) is 8.60. The molecule has 2 aromatic carbocycles. The van der Waals surface area contributed by atoms with Gasteiger partial charge in [0, 0.05) is 47.1 Å². The van der Waals surface area contributed by atoms with Crippen LogP contribution in [0.3, 0.4) is 0 Å². The fraction of sp³-hybridized carbons (Fsp3) is 0.699. The molecule has 31 heteroatoms. The number of hydrogen-bond acceptors (Lipinski definition) is 20. The Kier molecular flexibility index (Phi) is 40.8. The van der Waals surface area contributed by atoms with Crippen LogP contribution in [0.4, 0.5) is 20.1 Å². The van der Waals surface area contributed by atoms with Crippen molar-refractivity contribution in [3.05, 3.63) is 65.7 Å². The number of carbonyl (C=O) groups is 10. The third-order valence-electron chi connectivity index (χ3n) is 17.8. The van der Waals surface area contributed by atoms with Crippen LogP contribution in [0.1, 0.15) is 146 Å². The van der Waals surface area contributed by atoms with E-state index in [1.807, 2.05) is 32.0 Å². The third kappa shape index (κ3) is 31.5. The molecule has 0 aliphatic carbocycles. The highest BCUT2D eigenvalue weighted by atomic mass is 16.7. The molecule has 11 amide bonds. The Morgan fingerprint density at radius 2 is 1.28 bits per heavy atom. The summed E-state index contributed by atoms with van der Waals surface area (Å²) < 4.78 is 44.6. The number of anilines is 1. The predicted molar refractivity (Wildman–Crippen MR) is 388 cm³/mol. The first-order valence-electron chi connectivity index (χ1n) is 36.0. The number of urea groups is 1. The van der Waals surface area contributed by atoms with Crippen LogP contribution in [-0.2, 0) is 82.9 Å². The molecule has 1 saturated heterocycles. The van der Waals surface area contributed by atoms with Gasteiger partial charge in [0.05, 0.1) is 102 Å². The van der Waals surface area contributed by atoms with Crippen molar-refractivity contribution in [3.8, 4) is 0 Å². The van der Waals surface area contributed by atoms with Crippen molar-refractivity contribution in [2.45, 2.75) is 201 Å². The van der Waals surface area contributed by atoms with Crippen LogP contribution in [0.2, 0.25) is 0 Å². The van der Waals surface area contributed by atoms with E-state index >= 15 is 0 Å². The van der Waals surface area contributed by atoms with Crippen molar-refractivity contribution in [1.82, 2.24) is 46.8 Å². The van der Waals surface area contributed by atoms with Crippen LogP contribution < -0.4 is 43.1 Å². The van der Waals surface area contributed by atoms with Gasteiger partial charge in [-0.3, -0.25) is 43.3 Å². The molecule has 0 bridgehead atoms. The van der Waals surface area contributed by atoms with Crippen LogP contribution in [0.5, 0.6) is 0 Å². The van der Waals surface area contributed by atoms with Crippen molar-refractivity contribution >= 4 is 65.3 Å². The summed E-state index contributed by atoms with van der Waals surface area (Å²) in [5.41, 5.74) is 8.29. The van der Waals surface area contributed by atoms with E-state index in [9.17, 15) is 53.1 Å². The maximum absolute atomic E-state index is 14.8. The largest absolute Gasteiger partial charge is 0.445 e. The van der Waals surface area contributed by atoms with E-state index in [-0.39, 0.29) is 103 Å². The fourth-order valence-corrected chi connectivity index (χ4v) is 12.0.